The molecule has 0 bridgehead atoms. The largest absolute Gasteiger partial charge is 0.494 e. The fraction of sp³-hybridized carbons (Fsp3) is 0.467. The van der Waals surface area contributed by atoms with Gasteiger partial charge in [0.1, 0.15) is 11.8 Å². The number of carboxylic acids is 1. The molecule has 0 aromatic heterocycles. The van der Waals surface area contributed by atoms with Crippen molar-refractivity contribution in [2.24, 2.45) is 0 Å². The highest BCUT2D eigenvalue weighted by atomic mass is 16.6. The zero-order valence-corrected chi connectivity index (χ0v) is 13.2. The second kappa shape index (κ2) is 7.73. The van der Waals surface area contributed by atoms with Crippen molar-refractivity contribution in [1.82, 2.24) is 4.90 Å². The van der Waals surface area contributed by atoms with Gasteiger partial charge >= 0.3 is 5.97 Å². The van der Waals surface area contributed by atoms with Gasteiger partial charge in [-0.25, -0.2) is 0 Å². The predicted molar refractivity (Wildman–Crippen MR) is 85.1 cm³/mol. The van der Waals surface area contributed by atoms with E-state index in [1.165, 1.54) is 25.3 Å². The van der Waals surface area contributed by atoms with Crippen LogP contribution in [-0.2, 0) is 9.59 Å². The van der Waals surface area contributed by atoms with Gasteiger partial charge in [-0.1, -0.05) is 6.42 Å². The predicted octanol–water partition coefficient (Wildman–Crippen LogP) is 1.48. The van der Waals surface area contributed by atoms with Crippen molar-refractivity contribution in [3.05, 3.63) is 28.3 Å². The minimum atomic E-state index is -0.935. The summed E-state index contributed by atoms with van der Waals surface area (Å²) in [6.45, 7) is 0.485. The average Bonchev–Trinajstić information content (AvgIpc) is 2.55. The van der Waals surface area contributed by atoms with Crippen LogP contribution in [0.15, 0.2) is 18.2 Å². The number of hydrogen-bond acceptors (Lipinski definition) is 6. The third-order valence-electron chi connectivity index (χ3n) is 3.92. The van der Waals surface area contributed by atoms with Crippen LogP contribution in [0.4, 0.5) is 11.4 Å². The highest BCUT2D eigenvalue weighted by Crippen LogP contribution is 2.29. The summed E-state index contributed by atoms with van der Waals surface area (Å²) >= 11 is 0. The average molecular weight is 337 g/mol. The van der Waals surface area contributed by atoms with Gasteiger partial charge in [0.15, 0.2) is 0 Å². The minimum Gasteiger partial charge on any atom is -0.494 e. The number of nitrogens with zero attached hydrogens (tertiary/aromatic N) is 2. The number of hydrogen-bond donors (Lipinski definition) is 2. The molecule has 1 heterocycles. The Morgan fingerprint density at radius 1 is 1.46 bits per heavy atom. The summed E-state index contributed by atoms with van der Waals surface area (Å²) in [7, 11) is 1.35. The van der Waals surface area contributed by atoms with Crippen molar-refractivity contribution in [1.29, 1.82) is 0 Å². The molecule has 1 atom stereocenters. The van der Waals surface area contributed by atoms with E-state index < -0.39 is 22.8 Å². The Bertz CT molecular complexity index is 648. The highest BCUT2D eigenvalue weighted by Gasteiger charge is 2.29. The van der Waals surface area contributed by atoms with Gasteiger partial charge < -0.3 is 15.2 Å². The maximum absolute atomic E-state index is 12.2. The monoisotopic (exact) mass is 337 g/mol. The molecule has 24 heavy (non-hydrogen) atoms. The van der Waals surface area contributed by atoms with Crippen LogP contribution in [-0.4, -0.2) is 53.0 Å². The first-order chi connectivity index (χ1) is 11.4. The third-order valence-corrected chi connectivity index (χ3v) is 3.92. The first-order valence-electron chi connectivity index (χ1n) is 7.51. The molecule has 1 aromatic rings. The Balaban J connectivity index is 2.06. The van der Waals surface area contributed by atoms with E-state index in [-0.39, 0.29) is 18.0 Å². The van der Waals surface area contributed by atoms with Gasteiger partial charge in [-0.15, -0.1) is 0 Å². The molecule has 9 heteroatoms. The molecule has 0 spiro atoms. The lowest BCUT2D eigenvalue weighted by molar-refractivity contribution is -0.384. The number of carboxylic acid groups (broad SMARTS) is 1. The third kappa shape index (κ3) is 4.19. The number of nitrogens with one attached hydrogen (secondary N) is 1. The zero-order valence-electron chi connectivity index (χ0n) is 13.2. The van der Waals surface area contributed by atoms with Gasteiger partial charge in [0.2, 0.25) is 5.91 Å². The molecule has 1 aromatic carbocycles. The van der Waals surface area contributed by atoms with Crippen molar-refractivity contribution in [2.75, 3.05) is 25.5 Å². The molecule has 0 saturated carbocycles. The van der Waals surface area contributed by atoms with E-state index in [0.29, 0.717) is 18.7 Å². The number of amides is 1. The van der Waals surface area contributed by atoms with Gasteiger partial charge in [-0.2, -0.15) is 0 Å². The fourth-order valence-electron chi connectivity index (χ4n) is 2.73. The number of benzene rings is 1. The van der Waals surface area contributed by atoms with Crippen LogP contribution < -0.4 is 10.1 Å². The second-order valence-corrected chi connectivity index (χ2v) is 5.51. The summed E-state index contributed by atoms with van der Waals surface area (Å²) in [6, 6.07) is 3.21. The number of non-ortho nitro benzene ring substituents is 1. The number of anilines is 1. The number of rotatable bonds is 6. The fourth-order valence-corrected chi connectivity index (χ4v) is 2.73. The first kappa shape index (κ1) is 17.7. The normalized spacial score (nSPS) is 18.0. The van der Waals surface area contributed by atoms with Crippen LogP contribution in [0.1, 0.15) is 19.3 Å². The molecule has 1 saturated heterocycles. The molecule has 1 amide bonds. The van der Waals surface area contributed by atoms with Crippen LogP contribution in [0.2, 0.25) is 0 Å². The molecular weight excluding hydrogens is 318 g/mol. The van der Waals surface area contributed by atoms with E-state index >= 15 is 0 Å². The Hall–Kier alpha value is -2.68. The van der Waals surface area contributed by atoms with E-state index in [1.807, 2.05) is 0 Å². The molecule has 2 rings (SSSR count). The number of nitro benzene ring substituents is 1. The lowest BCUT2D eigenvalue weighted by Gasteiger charge is -2.32. The quantitative estimate of drug-likeness (QED) is 0.595. The minimum absolute atomic E-state index is 0.0584. The van der Waals surface area contributed by atoms with Crippen LogP contribution in [0.5, 0.6) is 5.75 Å². The smallest absolute Gasteiger partial charge is 0.320 e. The number of carbonyl (C=O) groups is 2. The summed E-state index contributed by atoms with van der Waals surface area (Å²) in [5.41, 5.74) is 0.156. The molecule has 1 aliphatic heterocycles. The van der Waals surface area contributed by atoms with Crippen molar-refractivity contribution < 1.29 is 24.4 Å². The first-order valence-corrected chi connectivity index (χ1v) is 7.51. The number of ether oxygens (including phenoxy) is 1. The topological polar surface area (TPSA) is 122 Å². The zero-order chi connectivity index (χ0) is 17.7. The second-order valence-electron chi connectivity index (χ2n) is 5.51. The molecular formula is C15H19N3O6. The van der Waals surface area contributed by atoms with E-state index in [9.17, 15) is 24.8 Å². The standard InChI is InChI=1S/C15H19N3O6/c1-24-13-8-10(18(22)23)5-6-11(13)16-14(19)9-17-7-3-2-4-12(17)15(20)21/h5-6,8,12H,2-4,7,9H2,1H3,(H,16,19)(H,20,21). The summed E-state index contributed by atoms with van der Waals surface area (Å²) in [5, 5.41) is 22.6. The van der Waals surface area contributed by atoms with Gasteiger partial charge in [0, 0.05) is 6.07 Å². The van der Waals surface area contributed by atoms with E-state index in [0.717, 1.165) is 12.8 Å². The Labute approximate surface area is 138 Å². The van der Waals surface area contributed by atoms with Gasteiger partial charge in [0.25, 0.3) is 5.69 Å². The molecule has 0 aliphatic carbocycles. The number of nitro groups is 1. The van der Waals surface area contributed by atoms with Crippen molar-refractivity contribution in [3.8, 4) is 5.75 Å². The highest BCUT2D eigenvalue weighted by molar-refractivity contribution is 5.94. The number of carbonyl (C=O) groups excluding carboxylic acids is 1. The van der Waals surface area contributed by atoms with Crippen molar-refractivity contribution in [3.63, 3.8) is 0 Å². The lowest BCUT2D eigenvalue weighted by Crippen LogP contribution is -2.47. The summed E-state index contributed by atoms with van der Waals surface area (Å²) in [6.07, 6.45) is 2.19. The molecule has 130 valence electrons. The number of aliphatic carboxylic acids is 1. The van der Waals surface area contributed by atoms with Crippen LogP contribution >= 0.6 is 0 Å². The summed E-state index contributed by atoms with van der Waals surface area (Å²) in [5.74, 6) is -1.16. The SMILES string of the molecule is COc1cc([N+](=O)[O-])ccc1NC(=O)CN1CCCCC1C(=O)O. The van der Waals surface area contributed by atoms with E-state index in [1.54, 1.807) is 4.90 Å². The molecule has 1 aliphatic rings. The number of methoxy groups -OCH3 is 1. The Kier molecular flexibility index (Phi) is 5.69. The molecule has 0 radical (unpaired) electrons. The Morgan fingerprint density at radius 3 is 2.83 bits per heavy atom. The summed E-state index contributed by atoms with van der Waals surface area (Å²) in [4.78, 5) is 35.3. The molecule has 1 fully saturated rings. The maximum Gasteiger partial charge on any atom is 0.320 e. The Morgan fingerprint density at radius 2 is 2.21 bits per heavy atom. The van der Waals surface area contributed by atoms with Gasteiger partial charge in [0.05, 0.1) is 30.3 Å². The summed E-state index contributed by atoms with van der Waals surface area (Å²) < 4.78 is 5.06. The van der Waals surface area contributed by atoms with E-state index in [2.05, 4.69) is 5.32 Å². The molecule has 2 N–H and O–H groups in total. The van der Waals surface area contributed by atoms with Crippen molar-refractivity contribution >= 4 is 23.3 Å². The van der Waals surface area contributed by atoms with Crippen LogP contribution in [0, 0.1) is 10.1 Å². The molecule has 1 unspecified atom stereocenters. The maximum atomic E-state index is 12.2. The molecule has 9 nitrogen and oxygen atoms in total. The number of likely N-dealkylation sites (tertiary alicyclic amines) is 1. The lowest BCUT2D eigenvalue weighted by atomic mass is 10.0. The van der Waals surface area contributed by atoms with Crippen molar-refractivity contribution in [2.45, 2.75) is 25.3 Å². The van der Waals surface area contributed by atoms with Crippen LogP contribution in [0.25, 0.3) is 0 Å². The van der Waals surface area contributed by atoms with E-state index in [4.69, 9.17) is 4.74 Å². The van der Waals surface area contributed by atoms with Gasteiger partial charge in [-0.05, 0) is 25.5 Å². The van der Waals surface area contributed by atoms with Gasteiger partial charge in [-0.3, -0.25) is 24.6 Å². The number of piperidine rings is 1. The van der Waals surface area contributed by atoms with Crippen LogP contribution in [0.3, 0.4) is 0 Å².